The van der Waals surface area contributed by atoms with Crippen LogP contribution < -0.4 is 5.90 Å². The van der Waals surface area contributed by atoms with Gasteiger partial charge < -0.3 is 14.6 Å². The molecule has 2 heterocycles. The second-order valence-electron chi connectivity index (χ2n) is 6.98. The van der Waals surface area contributed by atoms with Crippen LogP contribution in [0.1, 0.15) is 52.4 Å². The smallest absolute Gasteiger partial charge is 0.357 e. The first-order valence-corrected chi connectivity index (χ1v) is 8.49. The lowest BCUT2D eigenvalue weighted by molar-refractivity contribution is -0.138. The molecule has 2 amide bonds. The molecule has 2 saturated heterocycles. The maximum absolute atomic E-state index is 12.7. The van der Waals surface area contributed by atoms with Gasteiger partial charge in [0.15, 0.2) is 0 Å². The number of piperidine rings is 2. The highest BCUT2D eigenvalue weighted by Gasteiger charge is 2.37. The lowest BCUT2D eigenvalue weighted by Crippen LogP contribution is -2.52. The Kier molecular flexibility index (Phi) is 6.06. The van der Waals surface area contributed by atoms with Crippen molar-refractivity contribution in [3.05, 3.63) is 0 Å². The monoisotopic (exact) mass is 311 g/mol. The Morgan fingerprint density at radius 3 is 2.45 bits per heavy atom. The van der Waals surface area contributed by atoms with Gasteiger partial charge in [-0.1, -0.05) is 13.8 Å². The van der Waals surface area contributed by atoms with E-state index < -0.39 is 6.09 Å². The molecule has 0 aliphatic carbocycles. The molecule has 0 saturated carbocycles. The van der Waals surface area contributed by atoms with Crippen molar-refractivity contribution in [2.24, 2.45) is 17.7 Å². The molecule has 2 rings (SSSR count). The number of nitrogens with two attached hydrogens (primary N) is 1. The van der Waals surface area contributed by atoms with Crippen molar-refractivity contribution in [1.82, 2.24) is 9.80 Å². The molecule has 2 atom stereocenters. The number of amides is 2. The quantitative estimate of drug-likeness (QED) is 0.810. The van der Waals surface area contributed by atoms with Crippen LogP contribution in [-0.4, -0.2) is 47.5 Å². The van der Waals surface area contributed by atoms with Gasteiger partial charge in [0.25, 0.3) is 0 Å². The molecule has 22 heavy (non-hydrogen) atoms. The van der Waals surface area contributed by atoms with Gasteiger partial charge >= 0.3 is 6.09 Å². The highest BCUT2D eigenvalue weighted by Crippen LogP contribution is 2.28. The molecule has 0 aromatic carbocycles. The minimum atomic E-state index is -0.512. The van der Waals surface area contributed by atoms with Gasteiger partial charge in [0, 0.05) is 25.7 Å². The van der Waals surface area contributed by atoms with Crippen molar-refractivity contribution in [3.63, 3.8) is 0 Å². The van der Waals surface area contributed by atoms with Crippen LogP contribution in [0.5, 0.6) is 0 Å². The van der Waals surface area contributed by atoms with Gasteiger partial charge in [0.1, 0.15) is 0 Å². The minimum absolute atomic E-state index is 0.111. The van der Waals surface area contributed by atoms with Crippen LogP contribution in [0.25, 0.3) is 0 Å². The van der Waals surface area contributed by atoms with Gasteiger partial charge in [-0.2, -0.15) is 5.90 Å². The summed E-state index contributed by atoms with van der Waals surface area (Å²) in [6.45, 7) is 6.41. The van der Waals surface area contributed by atoms with E-state index in [0.717, 1.165) is 45.2 Å². The van der Waals surface area contributed by atoms with Crippen LogP contribution in [-0.2, 0) is 9.63 Å². The highest BCUT2D eigenvalue weighted by molar-refractivity contribution is 5.80. The lowest BCUT2D eigenvalue weighted by atomic mass is 9.87. The Morgan fingerprint density at radius 1 is 1.18 bits per heavy atom. The van der Waals surface area contributed by atoms with Gasteiger partial charge in [-0.3, -0.25) is 4.79 Å². The summed E-state index contributed by atoms with van der Waals surface area (Å²) in [6, 6.07) is 0.126. The van der Waals surface area contributed by atoms with E-state index in [0.29, 0.717) is 12.5 Å². The molecule has 2 fully saturated rings. The normalized spacial score (nSPS) is 26.2. The van der Waals surface area contributed by atoms with Crippen LogP contribution in [0.15, 0.2) is 0 Å². The largest absolute Gasteiger partial charge is 0.428 e. The first-order valence-electron chi connectivity index (χ1n) is 8.49. The average Bonchev–Trinajstić information content (AvgIpc) is 2.54. The third kappa shape index (κ3) is 4.12. The Hall–Kier alpha value is -1.30. The average molecular weight is 311 g/mol. The Labute approximate surface area is 132 Å². The molecular weight excluding hydrogens is 282 g/mol. The van der Waals surface area contributed by atoms with E-state index in [1.54, 1.807) is 4.90 Å². The number of hydrogen-bond donors (Lipinski definition) is 1. The van der Waals surface area contributed by atoms with Crippen LogP contribution >= 0.6 is 0 Å². The number of nitrogens with zero attached hydrogens (tertiary/aromatic N) is 2. The van der Waals surface area contributed by atoms with E-state index in [1.165, 1.54) is 6.42 Å². The molecule has 6 nitrogen and oxygen atoms in total. The Balaban J connectivity index is 2.00. The van der Waals surface area contributed by atoms with Crippen molar-refractivity contribution in [3.8, 4) is 0 Å². The van der Waals surface area contributed by atoms with Gasteiger partial charge in [-0.05, 0) is 44.4 Å². The van der Waals surface area contributed by atoms with Crippen LogP contribution in [0.2, 0.25) is 0 Å². The molecule has 6 heteroatoms. The lowest BCUT2D eigenvalue weighted by Gasteiger charge is -2.40. The summed E-state index contributed by atoms with van der Waals surface area (Å²) in [5.74, 6) is 5.65. The number of hydrogen-bond acceptors (Lipinski definition) is 4. The topological polar surface area (TPSA) is 75.9 Å². The zero-order valence-electron chi connectivity index (χ0n) is 13.8. The van der Waals surface area contributed by atoms with E-state index in [4.69, 9.17) is 5.90 Å². The van der Waals surface area contributed by atoms with Crippen molar-refractivity contribution in [2.45, 2.75) is 58.4 Å². The molecule has 0 aromatic rings. The van der Waals surface area contributed by atoms with Gasteiger partial charge in [0.2, 0.25) is 5.91 Å². The summed E-state index contributed by atoms with van der Waals surface area (Å²) < 4.78 is 0. The zero-order chi connectivity index (χ0) is 16.1. The summed E-state index contributed by atoms with van der Waals surface area (Å²) in [5.41, 5.74) is 0. The van der Waals surface area contributed by atoms with Gasteiger partial charge in [0.05, 0.1) is 5.92 Å². The second kappa shape index (κ2) is 7.81. The molecule has 2 aliphatic heterocycles. The van der Waals surface area contributed by atoms with E-state index >= 15 is 0 Å². The van der Waals surface area contributed by atoms with Gasteiger partial charge in [-0.15, -0.1) is 0 Å². The SMILES string of the molecule is CC(C)CC1CCC(C(=O)N2CCCCC2)CN1C(=O)ON. The molecule has 126 valence electrons. The number of rotatable bonds is 3. The number of carbonyl (C=O) groups is 2. The second-order valence-corrected chi connectivity index (χ2v) is 6.98. The molecule has 0 spiro atoms. The van der Waals surface area contributed by atoms with Crippen molar-refractivity contribution in [1.29, 1.82) is 0 Å². The molecule has 0 aromatic heterocycles. The van der Waals surface area contributed by atoms with E-state index in [-0.39, 0.29) is 17.9 Å². The van der Waals surface area contributed by atoms with Crippen molar-refractivity contribution in [2.75, 3.05) is 19.6 Å². The summed E-state index contributed by atoms with van der Waals surface area (Å²) >= 11 is 0. The van der Waals surface area contributed by atoms with E-state index in [2.05, 4.69) is 18.7 Å². The first kappa shape index (κ1) is 17.1. The first-order chi connectivity index (χ1) is 10.5. The fourth-order valence-electron chi connectivity index (χ4n) is 3.68. The molecule has 0 radical (unpaired) electrons. The fourth-order valence-corrected chi connectivity index (χ4v) is 3.68. The molecular formula is C16H29N3O3. The highest BCUT2D eigenvalue weighted by atomic mass is 16.7. The standard InChI is InChI=1S/C16H29N3O3/c1-12(2)10-14-7-6-13(11-19(14)16(21)22-17)15(20)18-8-4-3-5-9-18/h12-14H,3-11,17H2,1-2H3. The molecule has 2 aliphatic rings. The van der Waals surface area contributed by atoms with E-state index in [9.17, 15) is 9.59 Å². The predicted octanol–water partition coefficient (Wildman–Crippen LogP) is 2.14. The summed E-state index contributed by atoms with van der Waals surface area (Å²) in [4.78, 5) is 32.7. The van der Waals surface area contributed by atoms with Crippen LogP contribution in [0, 0.1) is 11.8 Å². The Bertz CT molecular complexity index is 394. The fraction of sp³-hybridized carbons (Fsp3) is 0.875. The Morgan fingerprint density at radius 2 is 1.86 bits per heavy atom. The maximum Gasteiger partial charge on any atom is 0.428 e. The number of likely N-dealkylation sites (tertiary alicyclic amines) is 2. The van der Waals surface area contributed by atoms with Crippen molar-refractivity contribution < 1.29 is 14.4 Å². The third-order valence-corrected chi connectivity index (χ3v) is 4.80. The zero-order valence-corrected chi connectivity index (χ0v) is 13.8. The van der Waals surface area contributed by atoms with Crippen LogP contribution in [0.3, 0.4) is 0 Å². The molecule has 2 unspecified atom stereocenters. The summed E-state index contributed by atoms with van der Waals surface area (Å²) in [7, 11) is 0. The van der Waals surface area contributed by atoms with Gasteiger partial charge in [-0.25, -0.2) is 4.79 Å². The molecule has 0 bridgehead atoms. The summed E-state index contributed by atoms with van der Waals surface area (Å²) in [6.07, 6.45) is 5.47. The number of carbonyl (C=O) groups excluding carboxylic acids is 2. The molecule has 2 N–H and O–H groups in total. The van der Waals surface area contributed by atoms with Crippen LogP contribution in [0.4, 0.5) is 4.79 Å². The third-order valence-electron chi connectivity index (χ3n) is 4.80. The minimum Gasteiger partial charge on any atom is -0.357 e. The summed E-state index contributed by atoms with van der Waals surface area (Å²) in [5, 5.41) is 0. The van der Waals surface area contributed by atoms with Crippen molar-refractivity contribution >= 4 is 12.0 Å². The van der Waals surface area contributed by atoms with E-state index in [1.807, 2.05) is 4.90 Å². The maximum atomic E-state index is 12.7. The predicted molar refractivity (Wildman–Crippen MR) is 83.8 cm³/mol.